The Morgan fingerprint density at radius 1 is 1.50 bits per heavy atom. The number of pyridine rings is 1. The molecule has 3 unspecified atom stereocenters. The minimum atomic E-state index is -0.483. The highest BCUT2D eigenvalue weighted by molar-refractivity contribution is 5.15. The summed E-state index contributed by atoms with van der Waals surface area (Å²) in [6.07, 6.45) is 3.55. The maximum Gasteiger partial charge on any atom is 0.111 e. The Morgan fingerprint density at radius 2 is 2.31 bits per heavy atom. The van der Waals surface area contributed by atoms with E-state index < -0.39 is 6.10 Å². The van der Waals surface area contributed by atoms with Crippen molar-refractivity contribution in [3.63, 3.8) is 0 Å². The molecule has 16 heavy (non-hydrogen) atoms. The quantitative estimate of drug-likeness (QED) is 0.799. The van der Waals surface area contributed by atoms with Gasteiger partial charge in [-0.05, 0) is 43.9 Å². The van der Waals surface area contributed by atoms with Crippen LogP contribution in [0.15, 0.2) is 18.3 Å². The first kappa shape index (κ1) is 11.6. The van der Waals surface area contributed by atoms with Gasteiger partial charge in [-0.25, -0.2) is 0 Å². The highest BCUT2D eigenvalue weighted by atomic mass is 16.3. The number of piperidine rings is 1. The molecule has 1 aliphatic rings. The molecule has 2 heterocycles. The Labute approximate surface area is 96.9 Å². The largest absolute Gasteiger partial charge is 0.385 e. The second-order valence-corrected chi connectivity index (χ2v) is 4.90. The van der Waals surface area contributed by atoms with Crippen molar-refractivity contribution in [2.45, 2.75) is 38.8 Å². The second kappa shape index (κ2) is 4.93. The molecule has 2 rings (SSSR count). The van der Waals surface area contributed by atoms with Gasteiger partial charge in [0.25, 0.3) is 0 Å². The van der Waals surface area contributed by atoms with Crippen LogP contribution in [0, 0.1) is 12.8 Å². The van der Waals surface area contributed by atoms with Crippen LogP contribution in [0.4, 0.5) is 0 Å². The fourth-order valence-electron chi connectivity index (χ4n) is 2.25. The van der Waals surface area contributed by atoms with Crippen molar-refractivity contribution in [2.24, 2.45) is 5.92 Å². The lowest BCUT2D eigenvalue weighted by Gasteiger charge is -2.31. The molecule has 3 nitrogen and oxygen atoms in total. The molecular weight excluding hydrogens is 200 g/mol. The maximum absolute atomic E-state index is 10.2. The van der Waals surface area contributed by atoms with Gasteiger partial charge in [0.15, 0.2) is 0 Å². The zero-order valence-electron chi connectivity index (χ0n) is 9.98. The summed E-state index contributed by atoms with van der Waals surface area (Å²) in [5.74, 6) is 0.686. The van der Waals surface area contributed by atoms with Gasteiger partial charge < -0.3 is 10.4 Å². The molecule has 1 aromatic heterocycles. The van der Waals surface area contributed by atoms with Crippen molar-refractivity contribution in [3.8, 4) is 0 Å². The first-order valence-corrected chi connectivity index (χ1v) is 6.01. The molecule has 0 radical (unpaired) electrons. The van der Waals surface area contributed by atoms with Crippen LogP contribution >= 0.6 is 0 Å². The average Bonchev–Trinajstić information content (AvgIpc) is 2.29. The average molecular weight is 220 g/mol. The van der Waals surface area contributed by atoms with E-state index in [-0.39, 0.29) is 6.04 Å². The van der Waals surface area contributed by atoms with Crippen molar-refractivity contribution in [1.82, 2.24) is 10.3 Å². The summed E-state index contributed by atoms with van der Waals surface area (Å²) in [5.41, 5.74) is 1.90. The highest BCUT2D eigenvalue weighted by Crippen LogP contribution is 2.24. The fourth-order valence-corrected chi connectivity index (χ4v) is 2.25. The monoisotopic (exact) mass is 220 g/mol. The van der Waals surface area contributed by atoms with Gasteiger partial charge >= 0.3 is 0 Å². The van der Waals surface area contributed by atoms with Crippen LogP contribution in [-0.4, -0.2) is 22.7 Å². The lowest BCUT2D eigenvalue weighted by atomic mass is 9.90. The molecule has 1 saturated heterocycles. The Hall–Kier alpha value is -0.930. The van der Waals surface area contributed by atoms with Crippen LogP contribution in [0.1, 0.15) is 37.1 Å². The summed E-state index contributed by atoms with van der Waals surface area (Å²) in [5, 5.41) is 13.6. The third kappa shape index (κ3) is 2.60. The zero-order chi connectivity index (χ0) is 11.5. The SMILES string of the molecule is Cc1ccc(C(O)C2CC(C)CCN2)nc1. The normalized spacial score (nSPS) is 27.7. The number of nitrogens with one attached hydrogen (secondary N) is 1. The number of aryl methyl sites for hydroxylation is 1. The van der Waals surface area contributed by atoms with Gasteiger partial charge in [0.1, 0.15) is 6.10 Å². The topological polar surface area (TPSA) is 45.1 Å². The summed E-state index contributed by atoms with van der Waals surface area (Å²) < 4.78 is 0. The van der Waals surface area contributed by atoms with E-state index in [4.69, 9.17) is 0 Å². The standard InChI is InChI=1S/C13H20N2O/c1-9-5-6-14-12(7-9)13(16)11-4-3-10(2)8-15-11/h3-4,8-9,12-14,16H,5-7H2,1-2H3. The lowest BCUT2D eigenvalue weighted by molar-refractivity contribution is 0.0978. The smallest absolute Gasteiger partial charge is 0.111 e. The van der Waals surface area contributed by atoms with E-state index in [1.165, 1.54) is 6.42 Å². The van der Waals surface area contributed by atoms with Crippen molar-refractivity contribution in [3.05, 3.63) is 29.6 Å². The molecule has 1 fully saturated rings. The Kier molecular flexibility index (Phi) is 3.56. The van der Waals surface area contributed by atoms with E-state index in [9.17, 15) is 5.11 Å². The van der Waals surface area contributed by atoms with Crippen LogP contribution in [0.2, 0.25) is 0 Å². The van der Waals surface area contributed by atoms with Gasteiger partial charge in [0.2, 0.25) is 0 Å². The van der Waals surface area contributed by atoms with E-state index in [0.717, 1.165) is 24.2 Å². The third-order valence-electron chi connectivity index (χ3n) is 3.32. The highest BCUT2D eigenvalue weighted by Gasteiger charge is 2.26. The first-order chi connectivity index (χ1) is 7.66. The van der Waals surface area contributed by atoms with E-state index in [0.29, 0.717) is 5.92 Å². The van der Waals surface area contributed by atoms with Crippen LogP contribution in [0.3, 0.4) is 0 Å². The van der Waals surface area contributed by atoms with Crippen molar-refractivity contribution < 1.29 is 5.11 Å². The van der Waals surface area contributed by atoms with Crippen LogP contribution in [0.25, 0.3) is 0 Å². The molecular formula is C13H20N2O. The summed E-state index contributed by atoms with van der Waals surface area (Å²) in [7, 11) is 0. The van der Waals surface area contributed by atoms with Gasteiger partial charge in [0.05, 0.1) is 5.69 Å². The number of rotatable bonds is 2. The molecule has 3 heteroatoms. The molecule has 0 amide bonds. The molecule has 0 bridgehead atoms. The molecule has 0 spiro atoms. The minimum absolute atomic E-state index is 0.152. The number of hydrogen-bond donors (Lipinski definition) is 2. The predicted octanol–water partition coefficient (Wildman–Crippen LogP) is 1.81. The van der Waals surface area contributed by atoms with Crippen molar-refractivity contribution in [1.29, 1.82) is 0 Å². The molecule has 1 aromatic rings. The number of aliphatic hydroxyl groups is 1. The predicted molar refractivity (Wildman–Crippen MR) is 64.1 cm³/mol. The molecule has 88 valence electrons. The van der Waals surface area contributed by atoms with Crippen LogP contribution in [0.5, 0.6) is 0 Å². The van der Waals surface area contributed by atoms with Crippen LogP contribution < -0.4 is 5.32 Å². The van der Waals surface area contributed by atoms with E-state index >= 15 is 0 Å². The van der Waals surface area contributed by atoms with Gasteiger partial charge in [-0.1, -0.05) is 13.0 Å². The second-order valence-electron chi connectivity index (χ2n) is 4.90. The molecule has 3 atom stereocenters. The maximum atomic E-state index is 10.2. The molecule has 1 aliphatic heterocycles. The minimum Gasteiger partial charge on any atom is -0.385 e. The Morgan fingerprint density at radius 3 is 2.94 bits per heavy atom. The summed E-state index contributed by atoms with van der Waals surface area (Å²) in [6.45, 7) is 5.24. The van der Waals surface area contributed by atoms with Crippen molar-refractivity contribution in [2.75, 3.05) is 6.54 Å². The van der Waals surface area contributed by atoms with Gasteiger partial charge in [-0.15, -0.1) is 0 Å². The molecule has 0 saturated carbocycles. The number of nitrogens with zero attached hydrogens (tertiary/aromatic N) is 1. The van der Waals surface area contributed by atoms with Gasteiger partial charge in [0, 0.05) is 12.2 Å². The zero-order valence-corrected chi connectivity index (χ0v) is 9.98. The Balaban J connectivity index is 2.06. The van der Waals surface area contributed by atoms with E-state index in [2.05, 4.69) is 17.2 Å². The number of hydrogen-bond acceptors (Lipinski definition) is 3. The Bertz CT molecular complexity index is 336. The van der Waals surface area contributed by atoms with Gasteiger partial charge in [-0.3, -0.25) is 4.98 Å². The number of aliphatic hydroxyl groups excluding tert-OH is 1. The fraction of sp³-hybridized carbons (Fsp3) is 0.615. The molecule has 0 aromatic carbocycles. The molecule has 2 N–H and O–H groups in total. The first-order valence-electron chi connectivity index (χ1n) is 6.01. The summed E-state index contributed by atoms with van der Waals surface area (Å²) in [6, 6.07) is 4.07. The third-order valence-corrected chi connectivity index (χ3v) is 3.32. The van der Waals surface area contributed by atoms with Gasteiger partial charge in [-0.2, -0.15) is 0 Å². The summed E-state index contributed by atoms with van der Waals surface area (Å²) >= 11 is 0. The van der Waals surface area contributed by atoms with Crippen molar-refractivity contribution >= 4 is 0 Å². The molecule has 0 aliphatic carbocycles. The van der Waals surface area contributed by atoms with Crippen LogP contribution in [-0.2, 0) is 0 Å². The van der Waals surface area contributed by atoms with E-state index in [1.807, 2.05) is 25.3 Å². The number of aromatic nitrogens is 1. The summed E-state index contributed by atoms with van der Waals surface area (Å²) in [4.78, 5) is 4.29. The van der Waals surface area contributed by atoms with E-state index in [1.54, 1.807) is 0 Å². The lowest BCUT2D eigenvalue weighted by Crippen LogP contribution is -2.41.